The minimum atomic E-state index is -0.242. The minimum absolute atomic E-state index is 0.242. The molecule has 82 valence electrons. The highest BCUT2D eigenvalue weighted by atomic mass is 16.1. The molecule has 2 aromatic rings. The molecule has 0 aliphatic heterocycles. The normalized spacial score (nSPS) is 10.1. The molecule has 2 heterocycles. The van der Waals surface area contributed by atoms with Crippen LogP contribution in [-0.2, 0) is 6.54 Å². The predicted octanol–water partition coefficient (Wildman–Crippen LogP) is 0.480. The van der Waals surface area contributed by atoms with Crippen molar-refractivity contribution in [1.82, 2.24) is 19.9 Å². The van der Waals surface area contributed by atoms with Crippen LogP contribution in [0.15, 0.2) is 29.5 Å². The molecular weight excluding hydrogens is 206 g/mol. The summed E-state index contributed by atoms with van der Waals surface area (Å²) in [5, 5.41) is 2.91. The molecule has 0 aromatic carbocycles. The maximum Gasteiger partial charge on any atom is 0.290 e. The Kier molecular flexibility index (Phi) is 2.90. The maximum absolute atomic E-state index is 11.3. The van der Waals surface area contributed by atoms with Gasteiger partial charge in [-0.3, -0.25) is 4.79 Å². The third kappa shape index (κ3) is 2.41. The van der Waals surface area contributed by atoms with Crippen molar-refractivity contribution in [3.63, 3.8) is 0 Å². The quantitative estimate of drug-likeness (QED) is 0.781. The summed E-state index contributed by atoms with van der Waals surface area (Å²) < 4.78 is 0. The lowest BCUT2D eigenvalue weighted by atomic mass is 10.4. The summed E-state index contributed by atoms with van der Waals surface area (Å²) in [4.78, 5) is 25.9. The largest absolute Gasteiger partial charge is 0.360 e. The molecule has 16 heavy (non-hydrogen) atoms. The second kappa shape index (κ2) is 4.52. The first kappa shape index (κ1) is 10.3. The number of rotatable bonds is 3. The lowest BCUT2D eigenvalue weighted by molar-refractivity contribution is 0.944. The van der Waals surface area contributed by atoms with Crippen LogP contribution in [0.25, 0.3) is 0 Å². The lowest BCUT2D eigenvalue weighted by Crippen LogP contribution is -2.15. The van der Waals surface area contributed by atoms with Gasteiger partial charge in [0, 0.05) is 18.6 Å². The molecule has 6 nitrogen and oxygen atoms in total. The molecule has 0 aliphatic carbocycles. The average Bonchev–Trinajstić information content (AvgIpc) is 2.28. The number of aromatic amines is 1. The Morgan fingerprint density at radius 1 is 1.38 bits per heavy atom. The molecule has 2 rings (SSSR count). The van der Waals surface area contributed by atoms with Crippen molar-refractivity contribution < 1.29 is 0 Å². The van der Waals surface area contributed by atoms with Gasteiger partial charge in [0.25, 0.3) is 5.56 Å². The summed E-state index contributed by atoms with van der Waals surface area (Å²) in [6.07, 6.45) is 4.69. The molecule has 6 heteroatoms. The zero-order valence-electron chi connectivity index (χ0n) is 8.77. The Hall–Kier alpha value is -2.24. The number of nitrogens with zero attached hydrogens (tertiary/aromatic N) is 3. The van der Waals surface area contributed by atoms with Crippen LogP contribution in [0.3, 0.4) is 0 Å². The number of hydrogen-bond acceptors (Lipinski definition) is 5. The second-order valence-corrected chi connectivity index (χ2v) is 3.22. The van der Waals surface area contributed by atoms with Gasteiger partial charge in [-0.05, 0) is 13.0 Å². The van der Waals surface area contributed by atoms with Crippen LogP contribution < -0.4 is 10.9 Å². The molecule has 0 atom stereocenters. The monoisotopic (exact) mass is 217 g/mol. The number of aromatic nitrogens is 4. The van der Waals surface area contributed by atoms with Gasteiger partial charge in [0.15, 0.2) is 5.82 Å². The highest BCUT2D eigenvalue weighted by Gasteiger charge is 2.00. The van der Waals surface area contributed by atoms with Crippen LogP contribution in [-0.4, -0.2) is 19.9 Å². The molecule has 0 amide bonds. The van der Waals surface area contributed by atoms with E-state index in [0.717, 1.165) is 5.69 Å². The van der Waals surface area contributed by atoms with E-state index in [4.69, 9.17) is 0 Å². The highest BCUT2D eigenvalue weighted by molar-refractivity contribution is 5.30. The molecule has 0 saturated carbocycles. The summed E-state index contributed by atoms with van der Waals surface area (Å²) in [6, 6.07) is 1.79. The first-order chi connectivity index (χ1) is 7.75. The summed E-state index contributed by atoms with van der Waals surface area (Å²) in [5.41, 5.74) is 0.575. The van der Waals surface area contributed by atoms with Gasteiger partial charge >= 0.3 is 0 Å². The van der Waals surface area contributed by atoms with E-state index < -0.39 is 0 Å². The van der Waals surface area contributed by atoms with E-state index in [1.807, 2.05) is 6.92 Å². The number of hydrogen-bond donors (Lipinski definition) is 2. The van der Waals surface area contributed by atoms with E-state index >= 15 is 0 Å². The molecule has 2 aromatic heterocycles. The van der Waals surface area contributed by atoms with Crippen molar-refractivity contribution in [1.29, 1.82) is 0 Å². The van der Waals surface area contributed by atoms with Crippen LogP contribution in [0.5, 0.6) is 0 Å². The number of anilines is 1. The van der Waals surface area contributed by atoms with E-state index in [2.05, 4.69) is 25.3 Å². The van der Waals surface area contributed by atoms with Crippen LogP contribution in [0.2, 0.25) is 0 Å². The van der Waals surface area contributed by atoms with Crippen molar-refractivity contribution in [2.24, 2.45) is 0 Å². The van der Waals surface area contributed by atoms with Crippen LogP contribution in [0.4, 0.5) is 5.82 Å². The van der Waals surface area contributed by atoms with Gasteiger partial charge in [-0.15, -0.1) is 0 Å². The zero-order chi connectivity index (χ0) is 11.4. The molecule has 0 spiro atoms. The van der Waals surface area contributed by atoms with E-state index in [0.29, 0.717) is 18.2 Å². The second-order valence-electron chi connectivity index (χ2n) is 3.22. The van der Waals surface area contributed by atoms with Crippen molar-refractivity contribution in [2.45, 2.75) is 13.5 Å². The van der Waals surface area contributed by atoms with Crippen molar-refractivity contribution in [2.75, 3.05) is 5.32 Å². The van der Waals surface area contributed by atoms with Crippen molar-refractivity contribution >= 4 is 5.82 Å². The number of nitrogens with one attached hydrogen (secondary N) is 2. The fraction of sp³-hybridized carbons (Fsp3) is 0.200. The Morgan fingerprint density at radius 2 is 2.25 bits per heavy atom. The Balaban J connectivity index is 2.08. The lowest BCUT2D eigenvalue weighted by Gasteiger charge is -2.03. The van der Waals surface area contributed by atoms with E-state index in [9.17, 15) is 4.79 Å². The van der Waals surface area contributed by atoms with Gasteiger partial charge in [-0.25, -0.2) is 15.0 Å². The first-order valence-electron chi connectivity index (χ1n) is 4.82. The summed E-state index contributed by atoms with van der Waals surface area (Å²) in [6.45, 7) is 2.26. The number of aryl methyl sites for hydroxylation is 1. The standard InChI is InChI=1S/C10H11N5O/c1-7-11-3-2-8(15-7)6-14-9-10(16)13-5-4-12-9/h2-5H,6H2,1H3,(H,12,14)(H,13,16). The van der Waals surface area contributed by atoms with Gasteiger partial charge < -0.3 is 10.3 Å². The van der Waals surface area contributed by atoms with Crippen LogP contribution in [0, 0.1) is 6.92 Å². The van der Waals surface area contributed by atoms with E-state index in [1.54, 1.807) is 12.3 Å². The highest BCUT2D eigenvalue weighted by Crippen LogP contribution is 1.98. The smallest absolute Gasteiger partial charge is 0.290 e. The minimum Gasteiger partial charge on any atom is -0.360 e. The van der Waals surface area contributed by atoms with Crippen molar-refractivity contribution in [3.05, 3.63) is 46.5 Å². The maximum atomic E-state index is 11.3. The SMILES string of the molecule is Cc1nccc(CNc2ncc[nH]c2=O)n1. The summed E-state index contributed by atoms with van der Waals surface area (Å²) in [7, 11) is 0. The van der Waals surface area contributed by atoms with Gasteiger partial charge in [0.1, 0.15) is 5.82 Å². The van der Waals surface area contributed by atoms with E-state index in [-0.39, 0.29) is 5.56 Å². The fourth-order valence-corrected chi connectivity index (χ4v) is 1.26. The summed E-state index contributed by atoms with van der Waals surface area (Å²) in [5.74, 6) is 0.994. The Labute approximate surface area is 91.8 Å². The molecule has 0 bridgehead atoms. The first-order valence-corrected chi connectivity index (χ1v) is 4.82. The number of H-pyrrole nitrogens is 1. The predicted molar refractivity (Wildman–Crippen MR) is 59.0 cm³/mol. The summed E-state index contributed by atoms with van der Waals surface area (Å²) >= 11 is 0. The molecule has 0 unspecified atom stereocenters. The third-order valence-electron chi connectivity index (χ3n) is 1.98. The molecule has 0 aliphatic rings. The van der Waals surface area contributed by atoms with Crippen LogP contribution >= 0.6 is 0 Å². The molecule has 0 fully saturated rings. The average molecular weight is 217 g/mol. The van der Waals surface area contributed by atoms with Gasteiger partial charge in [-0.2, -0.15) is 0 Å². The zero-order valence-corrected chi connectivity index (χ0v) is 8.77. The topological polar surface area (TPSA) is 83.6 Å². The van der Waals surface area contributed by atoms with Gasteiger partial charge in [-0.1, -0.05) is 0 Å². The van der Waals surface area contributed by atoms with Gasteiger partial charge in [0.2, 0.25) is 0 Å². The third-order valence-corrected chi connectivity index (χ3v) is 1.98. The van der Waals surface area contributed by atoms with Crippen LogP contribution in [0.1, 0.15) is 11.5 Å². The molecule has 2 N–H and O–H groups in total. The Morgan fingerprint density at radius 3 is 3.00 bits per heavy atom. The molecule has 0 saturated heterocycles. The fourth-order valence-electron chi connectivity index (χ4n) is 1.26. The molecular formula is C10H11N5O. The Bertz CT molecular complexity index is 536. The van der Waals surface area contributed by atoms with Crippen molar-refractivity contribution in [3.8, 4) is 0 Å². The van der Waals surface area contributed by atoms with E-state index in [1.165, 1.54) is 12.4 Å². The van der Waals surface area contributed by atoms with Gasteiger partial charge in [0.05, 0.1) is 12.2 Å². The molecule has 0 radical (unpaired) electrons.